The SMILES string of the molecule is COc1ccc(Cl)cc1CC(=O)N1CCCCC1. The minimum atomic E-state index is 0.162. The summed E-state index contributed by atoms with van der Waals surface area (Å²) in [6.45, 7) is 1.75. The van der Waals surface area contributed by atoms with Gasteiger partial charge in [0.05, 0.1) is 13.5 Å². The highest BCUT2D eigenvalue weighted by Gasteiger charge is 2.18. The molecule has 2 rings (SSSR count). The van der Waals surface area contributed by atoms with Crippen molar-refractivity contribution in [1.82, 2.24) is 4.90 Å². The lowest BCUT2D eigenvalue weighted by Crippen LogP contribution is -2.36. The van der Waals surface area contributed by atoms with Gasteiger partial charge in [-0.05, 0) is 37.5 Å². The average molecular weight is 268 g/mol. The lowest BCUT2D eigenvalue weighted by Gasteiger charge is -2.27. The molecule has 1 aromatic carbocycles. The summed E-state index contributed by atoms with van der Waals surface area (Å²) in [5.74, 6) is 0.889. The first-order valence-corrected chi connectivity index (χ1v) is 6.68. The Morgan fingerprint density at radius 3 is 2.72 bits per heavy atom. The van der Waals surface area contributed by atoms with Crippen LogP contribution in [-0.2, 0) is 11.2 Å². The summed E-state index contributed by atoms with van der Waals surface area (Å²) >= 11 is 5.96. The molecule has 0 N–H and O–H groups in total. The monoisotopic (exact) mass is 267 g/mol. The number of benzene rings is 1. The van der Waals surface area contributed by atoms with E-state index in [9.17, 15) is 4.79 Å². The topological polar surface area (TPSA) is 29.5 Å². The van der Waals surface area contributed by atoms with E-state index in [0.717, 1.165) is 37.2 Å². The van der Waals surface area contributed by atoms with Crippen LogP contribution in [0.5, 0.6) is 5.75 Å². The van der Waals surface area contributed by atoms with Crippen molar-refractivity contribution in [3.8, 4) is 5.75 Å². The molecule has 4 heteroatoms. The van der Waals surface area contributed by atoms with Crippen LogP contribution in [0.25, 0.3) is 0 Å². The predicted octanol–water partition coefficient (Wildman–Crippen LogP) is 2.90. The van der Waals surface area contributed by atoms with Crippen molar-refractivity contribution < 1.29 is 9.53 Å². The largest absolute Gasteiger partial charge is 0.496 e. The van der Waals surface area contributed by atoms with E-state index < -0.39 is 0 Å². The van der Waals surface area contributed by atoms with Crippen LogP contribution in [0.2, 0.25) is 5.02 Å². The molecule has 0 aliphatic carbocycles. The van der Waals surface area contributed by atoms with Gasteiger partial charge in [0.2, 0.25) is 5.91 Å². The number of likely N-dealkylation sites (tertiary alicyclic amines) is 1. The third kappa shape index (κ3) is 3.16. The number of amides is 1. The third-order valence-electron chi connectivity index (χ3n) is 3.29. The minimum absolute atomic E-state index is 0.162. The molecule has 98 valence electrons. The number of nitrogens with zero attached hydrogens (tertiary/aromatic N) is 1. The molecule has 0 unspecified atom stereocenters. The van der Waals surface area contributed by atoms with E-state index in [1.165, 1.54) is 6.42 Å². The maximum absolute atomic E-state index is 12.2. The van der Waals surface area contributed by atoms with E-state index in [2.05, 4.69) is 0 Å². The van der Waals surface area contributed by atoms with Crippen molar-refractivity contribution in [2.45, 2.75) is 25.7 Å². The van der Waals surface area contributed by atoms with Gasteiger partial charge in [-0.3, -0.25) is 4.79 Å². The molecule has 18 heavy (non-hydrogen) atoms. The highest BCUT2D eigenvalue weighted by molar-refractivity contribution is 6.30. The number of methoxy groups -OCH3 is 1. The van der Waals surface area contributed by atoms with Crippen LogP contribution >= 0.6 is 11.6 Å². The van der Waals surface area contributed by atoms with Crippen LogP contribution < -0.4 is 4.74 Å². The molecule has 0 atom stereocenters. The number of halogens is 1. The maximum Gasteiger partial charge on any atom is 0.227 e. The van der Waals surface area contributed by atoms with E-state index in [4.69, 9.17) is 16.3 Å². The van der Waals surface area contributed by atoms with Gasteiger partial charge in [0.25, 0.3) is 0 Å². The standard InChI is InChI=1S/C14H18ClNO2/c1-18-13-6-5-12(15)9-11(13)10-14(17)16-7-3-2-4-8-16/h5-6,9H,2-4,7-8,10H2,1H3. The number of carbonyl (C=O) groups is 1. The van der Waals surface area contributed by atoms with E-state index in [1.54, 1.807) is 19.2 Å². The van der Waals surface area contributed by atoms with Gasteiger partial charge >= 0.3 is 0 Å². The van der Waals surface area contributed by atoms with Crippen LogP contribution in [0, 0.1) is 0 Å². The van der Waals surface area contributed by atoms with Gasteiger partial charge in [-0.2, -0.15) is 0 Å². The molecule has 0 bridgehead atoms. The molecular weight excluding hydrogens is 250 g/mol. The molecule has 1 fully saturated rings. The molecule has 0 aromatic heterocycles. The summed E-state index contributed by atoms with van der Waals surface area (Å²) in [4.78, 5) is 14.1. The van der Waals surface area contributed by atoms with Crippen molar-refractivity contribution in [2.75, 3.05) is 20.2 Å². The first kappa shape index (κ1) is 13.2. The van der Waals surface area contributed by atoms with Gasteiger partial charge < -0.3 is 9.64 Å². The summed E-state index contributed by atoms with van der Waals surface area (Å²) in [5, 5.41) is 0.636. The number of carbonyl (C=O) groups excluding carboxylic acids is 1. The number of piperidine rings is 1. The Labute approximate surface area is 113 Å². The summed E-state index contributed by atoms with van der Waals surface area (Å²) in [6.07, 6.45) is 3.81. The summed E-state index contributed by atoms with van der Waals surface area (Å²) < 4.78 is 5.26. The molecule has 0 saturated carbocycles. The Balaban J connectivity index is 2.07. The first-order valence-electron chi connectivity index (χ1n) is 6.31. The third-order valence-corrected chi connectivity index (χ3v) is 3.53. The van der Waals surface area contributed by atoms with Crippen molar-refractivity contribution in [2.24, 2.45) is 0 Å². The Morgan fingerprint density at radius 2 is 2.06 bits per heavy atom. The Morgan fingerprint density at radius 1 is 1.33 bits per heavy atom. The zero-order chi connectivity index (χ0) is 13.0. The van der Waals surface area contributed by atoms with Crippen molar-refractivity contribution in [3.05, 3.63) is 28.8 Å². The zero-order valence-corrected chi connectivity index (χ0v) is 11.4. The molecular formula is C14H18ClNO2. The normalized spacial score (nSPS) is 15.6. The molecule has 1 amide bonds. The molecule has 3 nitrogen and oxygen atoms in total. The quantitative estimate of drug-likeness (QED) is 0.843. The predicted molar refractivity (Wildman–Crippen MR) is 72.1 cm³/mol. The molecule has 1 aliphatic rings. The summed E-state index contributed by atoms with van der Waals surface area (Å²) in [6, 6.07) is 5.39. The van der Waals surface area contributed by atoms with Gasteiger partial charge in [0.1, 0.15) is 5.75 Å². The molecule has 1 aromatic rings. The Bertz CT molecular complexity index is 428. The van der Waals surface area contributed by atoms with Crippen LogP contribution in [0.15, 0.2) is 18.2 Å². The van der Waals surface area contributed by atoms with Crippen LogP contribution in [0.3, 0.4) is 0 Å². The maximum atomic E-state index is 12.2. The van der Waals surface area contributed by atoms with Gasteiger partial charge in [0, 0.05) is 23.7 Å². The number of hydrogen-bond donors (Lipinski definition) is 0. The van der Waals surface area contributed by atoms with Gasteiger partial charge in [-0.15, -0.1) is 0 Å². The highest BCUT2D eigenvalue weighted by Crippen LogP contribution is 2.24. The fourth-order valence-corrected chi connectivity index (χ4v) is 2.50. The van der Waals surface area contributed by atoms with E-state index in [0.29, 0.717) is 11.4 Å². The summed E-state index contributed by atoms with van der Waals surface area (Å²) in [7, 11) is 1.61. The van der Waals surface area contributed by atoms with E-state index in [-0.39, 0.29) is 5.91 Å². The van der Waals surface area contributed by atoms with Crippen molar-refractivity contribution in [3.63, 3.8) is 0 Å². The second kappa shape index (κ2) is 6.10. The second-order valence-electron chi connectivity index (χ2n) is 4.57. The van der Waals surface area contributed by atoms with Gasteiger partial charge in [-0.1, -0.05) is 11.6 Å². The van der Waals surface area contributed by atoms with E-state index >= 15 is 0 Å². The van der Waals surface area contributed by atoms with Crippen LogP contribution in [0.1, 0.15) is 24.8 Å². The van der Waals surface area contributed by atoms with E-state index in [1.807, 2.05) is 11.0 Å². The zero-order valence-electron chi connectivity index (χ0n) is 10.6. The lowest BCUT2D eigenvalue weighted by molar-refractivity contribution is -0.131. The Hall–Kier alpha value is -1.22. The number of rotatable bonds is 3. The molecule has 1 heterocycles. The fourth-order valence-electron chi connectivity index (χ4n) is 2.30. The fraction of sp³-hybridized carbons (Fsp3) is 0.500. The smallest absolute Gasteiger partial charge is 0.227 e. The Kier molecular flexibility index (Phi) is 4.48. The first-order chi connectivity index (χ1) is 8.70. The van der Waals surface area contributed by atoms with Gasteiger partial charge in [0.15, 0.2) is 0 Å². The van der Waals surface area contributed by atoms with Crippen molar-refractivity contribution in [1.29, 1.82) is 0 Å². The minimum Gasteiger partial charge on any atom is -0.496 e. The highest BCUT2D eigenvalue weighted by atomic mass is 35.5. The van der Waals surface area contributed by atoms with Crippen LogP contribution in [0.4, 0.5) is 0 Å². The summed E-state index contributed by atoms with van der Waals surface area (Å²) in [5.41, 5.74) is 0.862. The average Bonchev–Trinajstić information content (AvgIpc) is 2.40. The molecule has 0 radical (unpaired) electrons. The molecule has 1 aliphatic heterocycles. The number of ether oxygens (including phenoxy) is 1. The molecule has 0 spiro atoms. The molecule has 1 saturated heterocycles. The second-order valence-corrected chi connectivity index (χ2v) is 5.01. The van der Waals surface area contributed by atoms with Crippen LogP contribution in [-0.4, -0.2) is 31.0 Å². The lowest BCUT2D eigenvalue weighted by atomic mass is 10.1. The number of hydrogen-bond acceptors (Lipinski definition) is 2. The van der Waals surface area contributed by atoms with Gasteiger partial charge in [-0.25, -0.2) is 0 Å². The van der Waals surface area contributed by atoms with Crippen molar-refractivity contribution >= 4 is 17.5 Å².